The van der Waals surface area contributed by atoms with Gasteiger partial charge in [0, 0.05) is 17.3 Å². The van der Waals surface area contributed by atoms with Crippen molar-refractivity contribution in [1.82, 2.24) is 14.8 Å². The van der Waals surface area contributed by atoms with Crippen LogP contribution in [0.5, 0.6) is 5.88 Å². The van der Waals surface area contributed by atoms with Gasteiger partial charge in [0.05, 0.1) is 19.3 Å². The van der Waals surface area contributed by atoms with Crippen LogP contribution in [0.3, 0.4) is 0 Å². The van der Waals surface area contributed by atoms with Gasteiger partial charge in [-0.2, -0.15) is 5.10 Å². The molecule has 7 heteroatoms. The van der Waals surface area contributed by atoms with Crippen LogP contribution in [-0.2, 0) is 6.54 Å². The third-order valence-corrected chi connectivity index (χ3v) is 3.75. The first kappa shape index (κ1) is 17.0. The van der Waals surface area contributed by atoms with Crippen molar-refractivity contribution >= 4 is 23.3 Å². The maximum atomic E-state index is 12.6. The second-order valence-corrected chi connectivity index (χ2v) is 5.68. The number of pyridine rings is 1. The highest BCUT2D eigenvalue weighted by Crippen LogP contribution is 2.18. The van der Waals surface area contributed by atoms with Crippen LogP contribution in [0.1, 0.15) is 22.8 Å². The van der Waals surface area contributed by atoms with Gasteiger partial charge in [0.15, 0.2) is 0 Å². The summed E-state index contributed by atoms with van der Waals surface area (Å²) in [6.45, 7) is 2.80. The van der Waals surface area contributed by atoms with Crippen LogP contribution in [0.2, 0.25) is 5.02 Å². The number of ether oxygens (including phenoxy) is 1. The zero-order valence-electron chi connectivity index (χ0n) is 13.6. The quantitative estimate of drug-likeness (QED) is 0.732. The fourth-order valence-electron chi connectivity index (χ4n) is 2.33. The summed E-state index contributed by atoms with van der Waals surface area (Å²) in [5.74, 6) is 0.604. The molecule has 2 heterocycles. The summed E-state index contributed by atoms with van der Waals surface area (Å²) in [6, 6.07) is 12.6. The van der Waals surface area contributed by atoms with Crippen LogP contribution in [0.4, 0.5) is 5.82 Å². The smallest absolute Gasteiger partial charge is 0.262 e. The van der Waals surface area contributed by atoms with Gasteiger partial charge in [-0.05, 0) is 36.8 Å². The summed E-state index contributed by atoms with van der Waals surface area (Å²) in [7, 11) is 0. The molecule has 128 valence electrons. The lowest BCUT2D eigenvalue weighted by Crippen LogP contribution is -2.17. The van der Waals surface area contributed by atoms with Crippen LogP contribution >= 0.6 is 11.6 Å². The molecule has 0 aliphatic carbocycles. The van der Waals surface area contributed by atoms with Gasteiger partial charge in [0.25, 0.3) is 5.91 Å². The van der Waals surface area contributed by atoms with E-state index in [0.29, 0.717) is 35.4 Å². The van der Waals surface area contributed by atoms with Crippen molar-refractivity contribution in [1.29, 1.82) is 0 Å². The minimum absolute atomic E-state index is 0.297. The van der Waals surface area contributed by atoms with Gasteiger partial charge < -0.3 is 10.1 Å². The number of anilines is 1. The average molecular weight is 357 g/mol. The maximum absolute atomic E-state index is 12.6. The molecular formula is C18H17ClN4O2. The number of amides is 1. The number of hydrogen-bond donors (Lipinski definition) is 1. The van der Waals surface area contributed by atoms with E-state index in [0.717, 1.165) is 5.56 Å². The van der Waals surface area contributed by atoms with Crippen LogP contribution in [-0.4, -0.2) is 27.3 Å². The molecule has 0 atom stereocenters. The second kappa shape index (κ2) is 7.81. The molecule has 0 aliphatic heterocycles. The van der Waals surface area contributed by atoms with Gasteiger partial charge in [-0.1, -0.05) is 23.7 Å². The molecule has 6 nitrogen and oxygen atoms in total. The first-order chi connectivity index (χ1) is 12.2. The first-order valence-corrected chi connectivity index (χ1v) is 8.20. The zero-order valence-corrected chi connectivity index (χ0v) is 14.4. The molecular weight excluding hydrogens is 340 g/mol. The monoisotopic (exact) mass is 356 g/mol. The Morgan fingerprint density at radius 1 is 1.20 bits per heavy atom. The second-order valence-electron chi connectivity index (χ2n) is 5.24. The highest BCUT2D eigenvalue weighted by molar-refractivity contribution is 6.30. The first-order valence-electron chi connectivity index (χ1n) is 7.83. The summed E-state index contributed by atoms with van der Waals surface area (Å²) < 4.78 is 7.11. The number of nitrogens with zero attached hydrogens (tertiary/aromatic N) is 3. The Morgan fingerprint density at radius 2 is 2.00 bits per heavy atom. The van der Waals surface area contributed by atoms with Gasteiger partial charge in [0.2, 0.25) is 5.88 Å². The summed E-state index contributed by atoms with van der Waals surface area (Å²) in [5, 5.41) is 7.79. The lowest BCUT2D eigenvalue weighted by molar-refractivity contribution is 0.102. The van der Waals surface area contributed by atoms with Crippen molar-refractivity contribution in [3.05, 3.63) is 71.0 Å². The summed E-state index contributed by atoms with van der Waals surface area (Å²) in [6.07, 6.45) is 3.23. The van der Waals surface area contributed by atoms with Gasteiger partial charge in [0.1, 0.15) is 11.4 Å². The van der Waals surface area contributed by atoms with Crippen molar-refractivity contribution in [2.45, 2.75) is 13.5 Å². The van der Waals surface area contributed by atoms with E-state index in [9.17, 15) is 4.79 Å². The number of halogens is 1. The molecule has 1 N–H and O–H groups in total. The predicted octanol–water partition coefficient (Wildman–Crippen LogP) is 3.63. The van der Waals surface area contributed by atoms with Gasteiger partial charge in [-0.15, -0.1) is 0 Å². The molecule has 25 heavy (non-hydrogen) atoms. The normalized spacial score (nSPS) is 10.5. The standard InChI is InChI=1S/C18H17ClN4O2/c1-2-25-18-15(4-3-10-20-18)17(24)22-16-9-11-21-23(16)12-13-5-7-14(19)8-6-13/h3-11H,2,12H2,1H3,(H,22,24). The number of hydrogen-bond acceptors (Lipinski definition) is 4. The van der Waals surface area contributed by atoms with Gasteiger partial charge >= 0.3 is 0 Å². The van der Waals surface area contributed by atoms with E-state index in [2.05, 4.69) is 15.4 Å². The van der Waals surface area contributed by atoms with E-state index in [1.165, 1.54) is 0 Å². The molecule has 3 aromatic rings. The van der Waals surface area contributed by atoms with E-state index < -0.39 is 0 Å². The number of benzene rings is 1. The maximum Gasteiger partial charge on any atom is 0.262 e. The molecule has 0 unspecified atom stereocenters. The average Bonchev–Trinajstić information content (AvgIpc) is 3.04. The SMILES string of the molecule is CCOc1ncccc1C(=O)Nc1ccnn1Cc1ccc(Cl)cc1. The van der Waals surface area contributed by atoms with Gasteiger partial charge in [-0.25, -0.2) is 9.67 Å². The van der Waals surface area contributed by atoms with Crippen LogP contribution in [0.25, 0.3) is 0 Å². The van der Waals surface area contributed by atoms with Crippen LogP contribution < -0.4 is 10.1 Å². The Bertz CT molecular complexity index is 862. The minimum Gasteiger partial charge on any atom is -0.477 e. The van der Waals surface area contributed by atoms with Crippen molar-refractivity contribution in [3.8, 4) is 5.88 Å². The van der Waals surface area contributed by atoms with E-state index in [1.807, 2.05) is 31.2 Å². The highest BCUT2D eigenvalue weighted by Gasteiger charge is 2.15. The van der Waals surface area contributed by atoms with Crippen molar-refractivity contribution in [2.75, 3.05) is 11.9 Å². The molecule has 0 saturated carbocycles. The topological polar surface area (TPSA) is 69.0 Å². The fourth-order valence-corrected chi connectivity index (χ4v) is 2.45. The number of rotatable bonds is 6. The third-order valence-electron chi connectivity index (χ3n) is 3.50. The lowest BCUT2D eigenvalue weighted by Gasteiger charge is -2.11. The lowest BCUT2D eigenvalue weighted by atomic mass is 10.2. The predicted molar refractivity (Wildman–Crippen MR) is 96.1 cm³/mol. The summed E-state index contributed by atoms with van der Waals surface area (Å²) >= 11 is 5.90. The molecule has 0 saturated heterocycles. The van der Waals surface area contributed by atoms with E-state index in [-0.39, 0.29) is 5.91 Å². The fraction of sp³-hybridized carbons (Fsp3) is 0.167. The number of aromatic nitrogens is 3. The third kappa shape index (κ3) is 4.16. The molecule has 1 aromatic carbocycles. The van der Waals surface area contributed by atoms with Crippen molar-refractivity contribution < 1.29 is 9.53 Å². The van der Waals surface area contributed by atoms with Crippen molar-refractivity contribution in [2.24, 2.45) is 0 Å². The number of nitrogens with one attached hydrogen (secondary N) is 1. The van der Waals surface area contributed by atoms with Crippen LogP contribution in [0, 0.1) is 0 Å². The van der Waals surface area contributed by atoms with E-state index >= 15 is 0 Å². The Balaban J connectivity index is 1.77. The molecule has 0 radical (unpaired) electrons. The Kier molecular flexibility index (Phi) is 5.30. The molecule has 0 spiro atoms. The minimum atomic E-state index is -0.297. The Morgan fingerprint density at radius 3 is 2.76 bits per heavy atom. The van der Waals surface area contributed by atoms with Gasteiger partial charge in [-0.3, -0.25) is 4.79 Å². The zero-order chi connectivity index (χ0) is 17.6. The van der Waals surface area contributed by atoms with E-state index in [4.69, 9.17) is 16.3 Å². The molecule has 0 bridgehead atoms. The Hall–Kier alpha value is -2.86. The summed E-state index contributed by atoms with van der Waals surface area (Å²) in [5.41, 5.74) is 1.41. The van der Waals surface area contributed by atoms with Crippen LogP contribution in [0.15, 0.2) is 54.9 Å². The molecule has 1 amide bonds. The molecule has 3 rings (SSSR count). The molecule has 2 aromatic heterocycles. The number of carbonyl (C=O) groups excluding carboxylic acids is 1. The highest BCUT2D eigenvalue weighted by atomic mass is 35.5. The van der Waals surface area contributed by atoms with Crippen molar-refractivity contribution in [3.63, 3.8) is 0 Å². The molecule has 0 aliphatic rings. The summed E-state index contributed by atoms with van der Waals surface area (Å²) in [4.78, 5) is 16.7. The number of carbonyl (C=O) groups is 1. The Labute approximate surface area is 150 Å². The molecule has 0 fully saturated rings. The van der Waals surface area contributed by atoms with E-state index in [1.54, 1.807) is 35.3 Å². The largest absolute Gasteiger partial charge is 0.477 e.